The van der Waals surface area contributed by atoms with E-state index in [4.69, 9.17) is 28.4 Å². The molecule has 0 atom stereocenters. The second-order valence-corrected chi connectivity index (χ2v) is 6.97. The highest BCUT2D eigenvalue weighted by Gasteiger charge is 2.23. The number of hydrogen-bond acceptors (Lipinski definition) is 7. The van der Waals surface area contributed by atoms with Crippen LogP contribution in [0.25, 0.3) is 6.08 Å². The first kappa shape index (κ1) is 22.1. The number of allylic oxidation sites excluding steroid dienone is 1. The summed E-state index contributed by atoms with van der Waals surface area (Å²) < 4.78 is 33.6. The van der Waals surface area contributed by atoms with Crippen LogP contribution in [0, 0.1) is 0 Å². The molecule has 4 rings (SSSR count). The number of hydrogen-bond donors (Lipinski definition) is 0. The van der Waals surface area contributed by atoms with E-state index >= 15 is 0 Å². The zero-order valence-corrected chi connectivity index (χ0v) is 18.6. The third kappa shape index (κ3) is 4.87. The fourth-order valence-electron chi connectivity index (χ4n) is 3.33. The maximum Gasteiger partial charge on any atom is 0.345 e. The van der Waals surface area contributed by atoms with Crippen molar-refractivity contribution < 1.29 is 33.2 Å². The lowest BCUT2D eigenvalue weighted by atomic mass is 10.1. The van der Waals surface area contributed by atoms with Gasteiger partial charge < -0.3 is 28.4 Å². The second-order valence-electron chi connectivity index (χ2n) is 6.97. The van der Waals surface area contributed by atoms with E-state index in [0.29, 0.717) is 40.2 Å². The normalized spacial score (nSPS) is 12.0. The lowest BCUT2D eigenvalue weighted by Crippen LogP contribution is -2.08. The summed E-state index contributed by atoms with van der Waals surface area (Å²) in [7, 11) is 1.60. The first-order valence-corrected chi connectivity index (χ1v) is 10.5. The zero-order valence-electron chi connectivity index (χ0n) is 18.6. The molecule has 3 aromatic rings. The smallest absolute Gasteiger partial charge is 0.345 e. The molecule has 0 saturated heterocycles. The lowest BCUT2D eigenvalue weighted by Gasteiger charge is -2.16. The van der Waals surface area contributed by atoms with Gasteiger partial charge in [-0.15, -0.1) is 0 Å². The van der Waals surface area contributed by atoms with Crippen molar-refractivity contribution >= 4 is 12.0 Å². The van der Waals surface area contributed by atoms with Crippen molar-refractivity contribution in [3.05, 3.63) is 71.8 Å². The molecule has 0 aromatic heterocycles. The number of carbonyl (C=O) groups excluding carboxylic acids is 1. The minimum Gasteiger partial charge on any atom is -0.497 e. The van der Waals surface area contributed by atoms with Gasteiger partial charge in [-0.3, -0.25) is 0 Å². The van der Waals surface area contributed by atoms with E-state index in [2.05, 4.69) is 0 Å². The third-order valence-corrected chi connectivity index (χ3v) is 4.82. The van der Waals surface area contributed by atoms with Gasteiger partial charge in [-0.1, -0.05) is 18.2 Å². The van der Waals surface area contributed by atoms with Crippen molar-refractivity contribution in [1.29, 1.82) is 0 Å². The van der Waals surface area contributed by atoms with Crippen LogP contribution in [0.5, 0.6) is 40.2 Å². The molecule has 170 valence electrons. The molecule has 0 unspecified atom stereocenters. The highest BCUT2D eigenvalue weighted by atomic mass is 16.7. The summed E-state index contributed by atoms with van der Waals surface area (Å²) >= 11 is 0. The third-order valence-electron chi connectivity index (χ3n) is 4.82. The Hall–Kier alpha value is -4.13. The van der Waals surface area contributed by atoms with Crippen LogP contribution in [0.4, 0.5) is 0 Å². The average Bonchev–Trinajstić information content (AvgIpc) is 3.28. The number of ether oxygens (including phenoxy) is 6. The summed E-state index contributed by atoms with van der Waals surface area (Å²) in [6.45, 7) is 4.02. The fraction of sp³-hybridized carbons (Fsp3) is 0.192. The maximum absolute atomic E-state index is 12.9. The lowest BCUT2D eigenvalue weighted by molar-refractivity contribution is 0.0520. The predicted octanol–water partition coefficient (Wildman–Crippen LogP) is 6.22. The van der Waals surface area contributed by atoms with E-state index in [9.17, 15) is 4.79 Å². The molecule has 3 aromatic carbocycles. The predicted molar refractivity (Wildman–Crippen MR) is 123 cm³/mol. The summed E-state index contributed by atoms with van der Waals surface area (Å²) in [5, 5.41) is 0. The van der Waals surface area contributed by atoms with Crippen molar-refractivity contribution in [3.63, 3.8) is 0 Å². The number of carbonyl (C=O) groups is 1. The minimum absolute atomic E-state index is 0.159. The fourth-order valence-corrected chi connectivity index (χ4v) is 3.33. The molecule has 7 heteroatoms. The highest BCUT2D eigenvalue weighted by Crippen LogP contribution is 2.40. The molecule has 1 aliphatic heterocycles. The molecule has 0 spiro atoms. The Bertz CT molecular complexity index is 1180. The number of rotatable bonds is 8. The Labute approximate surface area is 192 Å². The molecule has 0 radical (unpaired) electrons. The molecule has 0 fully saturated rings. The number of fused-ring (bicyclic) bond motifs is 1. The van der Waals surface area contributed by atoms with Crippen molar-refractivity contribution in [1.82, 2.24) is 0 Å². The summed E-state index contributed by atoms with van der Waals surface area (Å²) in [5.74, 6) is 3.01. The van der Waals surface area contributed by atoms with E-state index in [0.717, 1.165) is 5.56 Å². The Balaban J connectivity index is 1.72. The van der Waals surface area contributed by atoms with Crippen molar-refractivity contribution in [2.24, 2.45) is 0 Å². The molecule has 1 aliphatic rings. The van der Waals surface area contributed by atoms with Gasteiger partial charge in [0.15, 0.2) is 11.5 Å². The summed E-state index contributed by atoms with van der Waals surface area (Å²) in [6, 6.07) is 15.8. The molecule has 0 aliphatic carbocycles. The van der Waals surface area contributed by atoms with Gasteiger partial charge >= 0.3 is 5.97 Å². The van der Waals surface area contributed by atoms with Gasteiger partial charge in [0.25, 0.3) is 0 Å². The van der Waals surface area contributed by atoms with Crippen molar-refractivity contribution in [2.75, 3.05) is 20.5 Å². The SMILES string of the molecule is C/C=C\c1cc(OC)ccc1Oc1cccc(Oc2ccc3c(c2)OCO3)c1C(=O)OCC. The zero-order chi connectivity index (χ0) is 23.2. The molecule has 0 bridgehead atoms. The topological polar surface area (TPSA) is 72.5 Å². The molecular formula is C26H24O7. The van der Waals surface area contributed by atoms with Crippen LogP contribution < -0.4 is 23.7 Å². The van der Waals surface area contributed by atoms with E-state index in [1.807, 2.05) is 25.1 Å². The molecule has 0 saturated carbocycles. The monoisotopic (exact) mass is 448 g/mol. The van der Waals surface area contributed by atoms with Crippen LogP contribution >= 0.6 is 0 Å². The van der Waals surface area contributed by atoms with Gasteiger partial charge in [-0.25, -0.2) is 4.79 Å². The summed E-state index contributed by atoms with van der Waals surface area (Å²) in [4.78, 5) is 12.9. The Morgan fingerprint density at radius 2 is 1.70 bits per heavy atom. The Morgan fingerprint density at radius 1 is 0.939 bits per heavy atom. The van der Waals surface area contributed by atoms with Gasteiger partial charge in [-0.2, -0.15) is 0 Å². The summed E-state index contributed by atoms with van der Waals surface area (Å²) in [6.07, 6.45) is 3.79. The van der Waals surface area contributed by atoms with Gasteiger partial charge in [0, 0.05) is 11.6 Å². The molecule has 0 amide bonds. The quantitative estimate of drug-likeness (QED) is 0.379. The van der Waals surface area contributed by atoms with Crippen LogP contribution in [-0.4, -0.2) is 26.5 Å². The van der Waals surface area contributed by atoms with Gasteiger partial charge in [-0.05, 0) is 56.3 Å². The van der Waals surface area contributed by atoms with E-state index in [1.54, 1.807) is 62.6 Å². The van der Waals surface area contributed by atoms with Crippen LogP contribution in [0.2, 0.25) is 0 Å². The average molecular weight is 448 g/mol. The van der Waals surface area contributed by atoms with Crippen LogP contribution in [0.3, 0.4) is 0 Å². The first-order chi connectivity index (χ1) is 16.1. The standard InChI is InChI=1S/C26H24O7/c1-4-7-17-14-18(28-3)10-12-20(17)33-23-9-6-8-22(25(23)26(27)29-5-2)32-19-11-13-21-24(15-19)31-16-30-21/h4,6-15H,5,16H2,1-3H3/b7-4-. The van der Waals surface area contributed by atoms with E-state index < -0.39 is 5.97 Å². The van der Waals surface area contributed by atoms with Crippen LogP contribution in [0.15, 0.2) is 60.7 Å². The van der Waals surface area contributed by atoms with Gasteiger partial charge in [0.05, 0.1) is 13.7 Å². The number of esters is 1. The van der Waals surface area contributed by atoms with Crippen LogP contribution in [-0.2, 0) is 4.74 Å². The molecule has 33 heavy (non-hydrogen) atoms. The largest absolute Gasteiger partial charge is 0.497 e. The highest BCUT2D eigenvalue weighted by molar-refractivity contribution is 5.96. The Morgan fingerprint density at radius 3 is 2.45 bits per heavy atom. The van der Waals surface area contributed by atoms with Crippen molar-refractivity contribution in [2.45, 2.75) is 13.8 Å². The van der Waals surface area contributed by atoms with Crippen LogP contribution in [0.1, 0.15) is 29.8 Å². The summed E-state index contributed by atoms with van der Waals surface area (Å²) in [5.41, 5.74) is 0.980. The first-order valence-electron chi connectivity index (χ1n) is 10.5. The van der Waals surface area contributed by atoms with Crippen molar-refractivity contribution in [3.8, 4) is 40.2 Å². The van der Waals surface area contributed by atoms with Gasteiger partial charge in [0.1, 0.15) is 34.3 Å². The minimum atomic E-state index is -0.551. The van der Waals surface area contributed by atoms with Gasteiger partial charge in [0.2, 0.25) is 6.79 Å². The molecular weight excluding hydrogens is 424 g/mol. The Kier molecular flexibility index (Phi) is 6.69. The van der Waals surface area contributed by atoms with E-state index in [1.165, 1.54) is 0 Å². The number of methoxy groups -OCH3 is 1. The number of benzene rings is 3. The second kappa shape index (κ2) is 9.99. The molecule has 0 N–H and O–H groups in total. The molecule has 7 nitrogen and oxygen atoms in total. The molecule has 1 heterocycles. The maximum atomic E-state index is 12.9. The van der Waals surface area contributed by atoms with E-state index in [-0.39, 0.29) is 19.0 Å².